The molecule has 0 spiro atoms. The summed E-state index contributed by atoms with van der Waals surface area (Å²) in [5, 5.41) is 10.1. The standard InChI is InChI=1S/C18H20FN3O/c1-12(2)22-10-16(17(23)11-22)18-20-8-14(9-21-18)7-13-3-5-15(19)6-4-13/h3-6,8-9,12,23H,7,10-11H2,1-2H3. The van der Waals surface area contributed by atoms with Gasteiger partial charge in [-0.3, -0.25) is 4.90 Å². The molecule has 0 radical (unpaired) electrons. The number of hydrogen-bond donors (Lipinski definition) is 1. The number of rotatable bonds is 4. The molecule has 1 aliphatic heterocycles. The van der Waals surface area contributed by atoms with Gasteiger partial charge in [0, 0.05) is 37.0 Å². The van der Waals surface area contributed by atoms with Crippen LogP contribution >= 0.6 is 0 Å². The molecular weight excluding hydrogens is 293 g/mol. The molecular formula is C18H20FN3O. The second-order valence-electron chi connectivity index (χ2n) is 6.14. The van der Waals surface area contributed by atoms with Crippen LogP contribution in [0.2, 0.25) is 0 Å². The van der Waals surface area contributed by atoms with Crippen LogP contribution in [0.1, 0.15) is 30.8 Å². The van der Waals surface area contributed by atoms with Gasteiger partial charge < -0.3 is 5.11 Å². The van der Waals surface area contributed by atoms with Crippen molar-refractivity contribution in [1.82, 2.24) is 14.9 Å². The van der Waals surface area contributed by atoms with Crippen molar-refractivity contribution in [3.63, 3.8) is 0 Å². The lowest BCUT2D eigenvalue weighted by Crippen LogP contribution is -2.29. The summed E-state index contributed by atoms with van der Waals surface area (Å²) < 4.78 is 12.9. The lowest BCUT2D eigenvalue weighted by molar-refractivity contribution is 0.256. The van der Waals surface area contributed by atoms with Gasteiger partial charge >= 0.3 is 0 Å². The van der Waals surface area contributed by atoms with Crippen LogP contribution in [-0.2, 0) is 6.42 Å². The highest BCUT2D eigenvalue weighted by molar-refractivity contribution is 5.65. The first-order valence-corrected chi connectivity index (χ1v) is 7.73. The molecule has 2 aromatic rings. The van der Waals surface area contributed by atoms with Crippen LogP contribution < -0.4 is 0 Å². The number of aliphatic hydroxyl groups is 1. The molecule has 2 heterocycles. The van der Waals surface area contributed by atoms with Crippen molar-refractivity contribution in [2.45, 2.75) is 26.3 Å². The molecule has 0 unspecified atom stereocenters. The first-order valence-electron chi connectivity index (χ1n) is 7.73. The van der Waals surface area contributed by atoms with Gasteiger partial charge in [-0.1, -0.05) is 12.1 Å². The van der Waals surface area contributed by atoms with Crippen molar-refractivity contribution in [2.24, 2.45) is 0 Å². The zero-order valence-corrected chi connectivity index (χ0v) is 13.3. The maximum atomic E-state index is 12.9. The molecule has 0 atom stereocenters. The largest absolute Gasteiger partial charge is 0.510 e. The number of benzene rings is 1. The number of nitrogens with zero attached hydrogens (tertiary/aromatic N) is 3. The molecule has 5 heteroatoms. The number of aromatic nitrogens is 2. The van der Waals surface area contributed by atoms with E-state index >= 15 is 0 Å². The predicted molar refractivity (Wildman–Crippen MR) is 87.5 cm³/mol. The highest BCUT2D eigenvalue weighted by Gasteiger charge is 2.25. The summed E-state index contributed by atoms with van der Waals surface area (Å²) in [5.74, 6) is 0.692. The molecule has 1 N–H and O–H groups in total. The van der Waals surface area contributed by atoms with Crippen molar-refractivity contribution in [3.05, 3.63) is 65.2 Å². The summed E-state index contributed by atoms with van der Waals surface area (Å²) >= 11 is 0. The zero-order chi connectivity index (χ0) is 16.4. The van der Waals surface area contributed by atoms with E-state index in [4.69, 9.17) is 0 Å². The molecule has 0 bridgehead atoms. The van der Waals surface area contributed by atoms with E-state index in [1.54, 1.807) is 24.5 Å². The van der Waals surface area contributed by atoms with Gasteiger partial charge in [0.15, 0.2) is 5.82 Å². The molecule has 4 nitrogen and oxygen atoms in total. The molecule has 3 rings (SSSR count). The number of aliphatic hydroxyl groups excluding tert-OH is 1. The Kier molecular flexibility index (Phi) is 4.39. The van der Waals surface area contributed by atoms with E-state index in [1.165, 1.54) is 12.1 Å². The summed E-state index contributed by atoms with van der Waals surface area (Å²) in [5.41, 5.74) is 2.77. The summed E-state index contributed by atoms with van der Waals surface area (Å²) in [6.07, 6.45) is 4.19. The van der Waals surface area contributed by atoms with Crippen LogP contribution in [0.5, 0.6) is 0 Å². The second-order valence-corrected chi connectivity index (χ2v) is 6.14. The van der Waals surface area contributed by atoms with Crippen molar-refractivity contribution in [2.75, 3.05) is 13.1 Å². The third kappa shape index (κ3) is 3.56. The first kappa shape index (κ1) is 15.6. The monoisotopic (exact) mass is 313 g/mol. The molecule has 120 valence electrons. The van der Waals surface area contributed by atoms with E-state index in [-0.39, 0.29) is 5.82 Å². The van der Waals surface area contributed by atoms with Gasteiger partial charge in [-0.05, 0) is 37.1 Å². The molecule has 0 saturated heterocycles. The maximum Gasteiger partial charge on any atom is 0.159 e. The van der Waals surface area contributed by atoms with E-state index < -0.39 is 0 Å². The maximum absolute atomic E-state index is 12.9. The van der Waals surface area contributed by atoms with E-state index in [2.05, 4.69) is 28.7 Å². The van der Waals surface area contributed by atoms with Crippen LogP contribution in [-0.4, -0.2) is 39.1 Å². The average molecular weight is 313 g/mol. The zero-order valence-electron chi connectivity index (χ0n) is 13.3. The third-order valence-electron chi connectivity index (χ3n) is 4.09. The van der Waals surface area contributed by atoms with Crippen LogP contribution in [0.15, 0.2) is 42.4 Å². The molecule has 1 aliphatic rings. The second kappa shape index (κ2) is 6.46. The minimum absolute atomic E-state index is 0.237. The average Bonchev–Trinajstić information content (AvgIpc) is 2.93. The topological polar surface area (TPSA) is 49.2 Å². The van der Waals surface area contributed by atoms with Crippen molar-refractivity contribution >= 4 is 5.57 Å². The Balaban J connectivity index is 1.72. The Labute approximate surface area is 135 Å². The van der Waals surface area contributed by atoms with Gasteiger partial charge in [0.2, 0.25) is 0 Å². The minimum atomic E-state index is -0.237. The lowest BCUT2D eigenvalue weighted by atomic mass is 10.1. The lowest BCUT2D eigenvalue weighted by Gasteiger charge is -2.19. The van der Waals surface area contributed by atoms with E-state index in [1.807, 2.05) is 0 Å². The summed E-state index contributed by atoms with van der Waals surface area (Å²) in [7, 11) is 0. The molecule has 0 saturated carbocycles. The van der Waals surface area contributed by atoms with E-state index in [0.29, 0.717) is 37.1 Å². The fourth-order valence-electron chi connectivity index (χ4n) is 2.64. The first-order chi connectivity index (χ1) is 11.0. The molecule has 1 aromatic carbocycles. The Hall–Kier alpha value is -2.27. The van der Waals surface area contributed by atoms with E-state index in [0.717, 1.165) is 16.7 Å². The third-order valence-corrected chi connectivity index (χ3v) is 4.09. The Morgan fingerprint density at radius 2 is 1.74 bits per heavy atom. The number of halogens is 1. The summed E-state index contributed by atoms with van der Waals surface area (Å²) in [6, 6.07) is 6.79. The van der Waals surface area contributed by atoms with Crippen LogP contribution in [0.3, 0.4) is 0 Å². The van der Waals surface area contributed by atoms with Crippen molar-refractivity contribution in [3.8, 4) is 0 Å². The Bertz CT molecular complexity index is 708. The van der Waals surface area contributed by atoms with Gasteiger partial charge in [0.25, 0.3) is 0 Å². The Morgan fingerprint density at radius 1 is 1.09 bits per heavy atom. The fourth-order valence-corrected chi connectivity index (χ4v) is 2.64. The van der Waals surface area contributed by atoms with Crippen LogP contribution in [0.25, 0.3) is 5.57 Å². The van der Waals surface area contributed by atoms with Gasteiger partial charge in [-0.25, -0.2) is 14.4 Å². The minimum Gasteiger partial charge on any atom is -0.510 e. The SMILES string of the molecule is CC(C)N1CC(O)=C(c2ncc(Cc3ccc(F)cc3)cn2)C1. The summed E-state index contributed by atoms with van der Waals surface area (Å²) in [4.78, 5) is 10.9. The van der Waals surface area contributed by atoms with Gasteiger partial charge in [-0.2, -0.15) is 0 Å². The van der Waals surface area contributed by atoms with Crippen LogP contribution in [0, 0.1) is 5.82 Å². The summed E-state index contributed by atoms with van der Waals surface area (Å²) in [6.45, 7) is 5.42. The number of hydrogen-bond acceptors (Lipinski definition) is 4. The van der Waals surface area contributed by atoms with Crippen LogP contribution in [0.4, 0.5) is 4.39 Å². The molecule has 1 aromatic heterocycles. The van der Waals surface area contributed by atoms with Crippen molar-refractivity contribution in [1.29, 1.82) is 0 Å². The van der Waals surface area contributed by atoms with Crippen molar-refractivity contribution < 1.29 is 9.50 Å². The Morgan fingerprint density at radius 3 is 2.30 bits per heavy atom. The molecule has 0 aliphatic carbocycles. The van der Waals surface area contributed by atoms with Gasteiger partial charge in [0.05, 0.1) is 6.54 Å². The van der Waals surface area contributed by atoms with Gasteiger partial charge in [0.1, 0.15) is 11.6 Å². The molecule has 23 heavy (non-hydrogen) atoms. The highest BCUT2D eigenvalue weighted by atomic mass is 19.1. The highest BCUT2D eigenvalue weighted by Crippen LogP contribution is 2.24. The molecule has 0 amide bonds. The normalized spacial score (nSPS) is 15.7. The van der Waals surface area contributed by atoms with E-state index in [9.17, 15) is 9.50 Å². The predicted octanol–water partition coefficient (Wildman–Crippen LogP) is 3.20. The smallest absolute Gasteiger partial charge is 0.159 e. The van der Waals surface area contributed by atoms with Gasteiger partial charge in [-0.15, -0.1) is 0 Å². The quantitative estimate of drug-likeness (QED) is 0.942. The fraction of sp³-hybridized carbons (Fsp3) is 0.333. The molecule has 0 fully saturated rings.